The average Bonchev–Trinajstić information content (AvgIpc) is 2.24. The maximum absolute atomic E-state index is 12.5. The van der Waals surface area contributed by atoms with Crippen LogP contribution in [0.3, 0.4) is 0 Å². The largest absolute Gasteiger partial charge is 0.416 e. The Kier molecular flexibility index (Phi) is 4.63. The zero-order valence-corrected chi connectivity index (χ0v) is 10.4. The molecule has 0 amide bonds. The van der Waals surface area contributed by atoms with E-state index in [0.29, 0.717) is 11.4 Å². The van der Waals surface area contributed by atoms with Gasteiger partial charge >= 0.3 is 6.18 Å². The van der Waals surface area contributed by atoms with Crippen LogP contribution in [0.15, 0.2) is 29.8 Å². The van der Waals surface area contributed by atoms with E-state index in [0.717, 1.165) is 17.7 Å². The molecule has 1 aromatic carbocycles. The van der Waals surface area contributed by atoms with Crippen LogP contribution in [0.1, 0.15) is 25.0 Å². The molecule has 0 spiro atoms. The standard InChI is InChI=1S/C13H14ClF3/c1-9(2)11(8-14)6-10-4-3-5-12(7-10)13(15,16)17/h3-7,9H,8H2,1-2H3. The Morgan fingerprint density at radius 3 is 2.47 bits per heavy atom. The van der Waals surface area contributed by atoms with Crippen molar-refractivity contribution >= 4 is 17.7 Å². The summed E-state index contributed by atoms with van der Waals surface area (Å²) >= 11 is 5.75. The lowest BCUT2D eigenvalue weighted by Gasteiger charge is -2.10. The molecular formula is C13H14ClF3. The molecule has 0 atom stereocenters. The van der Waals surface area contributed by atoms with Gasteiger partial charge in [-0.15, -0.1) is 11.6 Å². The smallest absolute Gasteiger partial charge is 0.166 e. The first kappa shape index (κ1) is 14.1. The minimum absolute atomic E-state index is 0.224. The Morgan fingerprint density at radius 1 is 1.35 bits per heavy atom. The van der Waals surface area contributed by atoms with E-state index in [4.69, 9.17) is 11.6 Å². The molecule has 0 saturated carbocycles. The normalized spacial score (nSPS) is 13.2. The van der Waals surface area contributed by atoms with Crippen LogP contribution in [-0.4, -0.2) is 5.88 Å². The molecule has 0 nitrogen and oxygen atoms in total. The third-order valence-electron chi connectivity index (χ3n) is 2.46. The molecule has 4 heteroatoms. The molecule has 1 rings (SSSR count). The van der Waals surface area contributed by atoms with Crippen LogP contribution in [0, 0.1) is 5.92 Å². The Balaban J connectivity index is 3.08. The number of halogens is 4. The highest BCUT2D eigenvalue weighted by atomic mass is 35.5. The minimum Gasteiger partial charge on any atom is -0.166 e. The molecular weight excluding hydrogens is 249 g/mol. The average molecular weight is 263 g/mol. The maximum Gasteiger partial charge on any atom is 0.416 e. The van der Waals surface area contributed by atoms with Gasteiger partial charge in [0.25, 0.3) is 0 Å². The van der Waals surface area contributed by atoms with Gasteiger partial charge in [-0.25, -0.2) is 0 Å². The molecule has 0 aliphatic heterocycles. The first-order valence-corrected chi connectivity index (χ1v) is 5.81. The van der Waals surface area contributed by atoms with Gasteiger partial charge in [0.05, 0.1) is 5.56 Å². The van der Waals surface area contributed by atoms with E-state index in [1.165, 1.54) is 6.07 Å². The number of benzene rings is 1. The number of hydrogen-bond donors (Lipinski definition) is 0. The van der Waals surface area contributed by atoms with Gasteiger partial charge in [-0.3, -0.25) is 0 Å². The second-order valence-corrected chi connectivity index (χ2v) is 4.40. The second kappa shape index (κ2) is 5.58. The van der Waals surface area contributed by atoms with Crippen molar-refractivity contribution in [1.29, 1.82) is 0 Å². The van der Waals surface area contributed by atoms with Crippen molar-refractivity contribution in [3.63, 3.8) is 0 Å². The van der Waals surface area contributed by atoms with Crippen molar-refractivity contribution in [3.05, 3.63) is 41.0 Å². The topological polar surface area (TPSA) is 0 Å². The molecule has 0 heterocycles. The lowest BCUT2D eigenvalue weighted by atomic mass is 10.0. The van der Waals surface area contributed by atoms with Gasteiger partial charge in [0.2, 0.25) is 0 Å². The Morgan fingerprint density at radius 2 is 2.00 bits per heavy atom. The highest BCUT2D eigenvalue weighted by molar-refractivity contribution is 6.19. The van der Waals surface area contributed by atoms with Crippen molar-refractivity contribution in [2.45, 2.75) is 20.0 Å². The van der Waals surface area contributed by atoms with Gasteiger partial charge in [0.15, 0.2) is 0 Å². The van der Waals surface area contributed by atoms with E-state index in [1.807, 2.05) is 13.8 Å². The van der Waals surface area contributed by atoms with Gasteiger partial charge in [-0.05, 0) is 23.6 Å². The van der Waals surface area contributed by atoms with Crippen LogP contribution >= 0.6 is 11.6 Å². The van der Waals surface area contributed by atoms with E-state index in [1.54, 1.807) is 12.1 Å². The highest BCUT2D eigenvalue weighted by Gasteiger charge is 2.30. The van der Waals surface area contributed by atoms with Gasteiger partial charge in [-0.2, -0.15) is 13.2 Å². The summed E-state index contributed by atoms with van der Waals surface area (Å²) in [5, 5.41) is 0. The molecule has 94 valence electrons. The predicted octanol–water partition coefficient (Wildman–Crippen LogP) is 4.98. The molecule has 0 N–H and O–H groups in total. The number of rotatable bonds is 3. The third-order valence-corrected chi connectivity index (χ3v) is 2.77. The SMILES string of the molecule is CC(C)C(=Cc1cccc(C(F)(F)F)c1)CCl. The predicted molar refractivity (Wildman–Crippen MR) is 65.0 cm³/mol. The van der Waals surface area contributed by atoms with Crippen LogP contribution in [0.5, 0.6) is 0 Å². The highest BCUT2D eigenvalue weighted by Crippen LogP contribution is 2.30. The van der Waals surface area contributed by atoms with Crippen LogP contribution in [-0.2, 0) is 6.18 Å². The summed E-state index contributed by atoms with van der Waals surface area (Å²) < 4.78 is 37.5. The van der Waals surface area contributed by atoms with Crippen molar-refractivity contribution in [1.82, 2.24) is 0 Å². The first-order chi connectivity index (χ1) is 7.84. The van der Waals surface area contributed by atoms with E-state index < -0.39 is 11.7 Å². The Labute approximate surface area is 104 Å². The molecule has 0 fully saturated rings. The number of alkyl halides is 4. The summed E-state index contributed by atoms with van der Waals surface area (Å²) in [6, 6.07) is 5.24. The summed E-state index contributed by atoms with van der Waals surface area (Å²) in [6.07, 6.45) is -2.59. The molecule has 0 saturated heterocycles. The minimum atomic E-state index is -4.30. The Hall–Kier alpha value is -0.960. The maximum atomic E-state index is 12.5. The molecule has 17 heavy (non-hydrogen) atoms. The fourth-order valence-electron chi connectivity index (χ4n) is 1.38. The first-order valence-electron chi connectivity index (χ1n) is 5.28. The summed E-state index contributed by atoms with van der Waals surface area (Å²) in [4.78, 5) is 0. The zero-order chi connectivity index (χ0) is 13.1. The number of allylic oxidation sites excluding steroid dienone is 1. The van der Waals surface area contributed by atoms with E-state index >= 15 is 0 Å². The second-order valence-electron chi connectivity index (χ2n) is 4.13. The lowest BCUT2D eigenvalue weighted by molar-refractivity contribution is -0.137. The summed E-state index contributed by atoms with van der Waals surface area (Å²) in [5.41, 5.74) is 0.819. The summed E-state index contributed by atoms with van der Waals surface area (Å²) in [7, 11) is 0. The molecule has 0 aliphatic rings. The lowest BCUT2D eigenvalue weighted by Crippen LogP contribution is -2.04. The van der Waals surface area contributed by atoms with Gasteiger partial charge < -0.3 is 0 Å². The van der Waals surface area contributed by atoms with Crippen molar-refractivity contribution < 1.29 is 13.2 Å². The fraction of sp³-hybridized carbons (Fsp3) is 0.385. The zero-order valence-electron chi connectivity index (χ0n) is 9.68. The summed E-state index contributed by atoms with van der Waals surface area (Å²) in [6.45, 7) is 3.92. The molecule has 1 aromatic rings. The van der Waals surface area contributed by atoms with Gasteiger partial charge in [0, 0.05) is 5.88 Å². The molecule has 0 aliphatic carbocycles. The van der Waals surface area contributed by atoms with Crippen molar-refractivity contribution in [2.24, 2.45) is 5.92 Å². The molecule has 0 unspecified atom stereocenters. The third kappa shape index (κ3) is 4.08. The fourth-order valence-corrected chi connectivity index (χ4v) is 1.76. The molecule has 0 bridgehead atoms. The quantitative estimate of drug-likeness (QED) is 0.674. The van der Waals surface area contributed by atoms with Gasteiger partial charge in [0.1, 0.15) is 0 Å². The Bertz CT molecular complexity index is 405. The van der Waals surface area contributed by atoms with Gasteiger partial charge in [-0.1, -0.05) is 37.6 Å². The van der Waals surface area contributed by atoms with Crippen LogP contribution in [0.25, 0.3) is 6.08 Å². The van der Waals surface area contributed by atoms with E-state index in [2.05, 4.69) is 0 Å². The van der Waals surface area contributed by atoms with Crippen LogP contribution in [0.4, 0.5) is 13.2 Å². The number of hydrogen-bond acceptors (Lipinski definition) is 0. The molecule has 0 aromatic heterocycles. The van der Waals surface area contributed by atoms with Crippen LogP contribution in [0.2, 0.25) is 0 Å². The van der Waals surface area contributed by atoms with Crippen molar-refractivity contribution in [3.8, 4) is 0 Å². The van der Waals surface area contributed by atoms with E-state index in [-0.39, 0.29) is 5.92 Å². The molecule has 0 radical (unpaired) electrons. The van der Waals surface area contributed by atoms with Crippen LogP contribution < -0.4 is 0 Å². The summed E-state index contributed by atoms with van der Waals surface area (Å²) in [5.74, 6) is 0.551. The van der Waals surface area contributed by atoms with Crippen molar-refractivity contribution in [2.75, 3.05) is 5.88 Å². The van der Waals surface area contributed by atoms with E-state index in [9.17, 15) is 13.2 Å². The monoisotopic (exact) mass is 262 g/mol.